The van der Waals surface area contributed by atoms with Crippen LogP contribution in [0.2, 0.25) is 0 Å². The third kappa shape index (κ3) is 2.91. The van der Waals surface area contributed by atoms with Crippen LogP contribution in [0.4, 0.5) is 0 Å². The van der Waals surface area contributed by atoms with Crippen LogP contribution in [0.3, 0.4) is 0 Å². The second-order valence-corrected chi connectivity index (χ2v) is 5.52. The number of aliphatic hydroxyl groups excluding tert-OH is 1. The first-order chi connectivity index (χ1) is 9.24. The van der Waals surface area contributed by atoms with Gasteiger partial charge in [0.25, 0.3) is 0 Å². The van der Waals surface area contributed by atoms with Crippen molar-refractivity contribution in [1.29, 1.82) is 0 Å². The van der Waals surface area contributed by atoms with E-state index in [0.717, 1.165) is 31.8 Å². The summed E-state index contributed by atoms with van der Waals surface area (Å²) in [6, 6.07) is 8.24. The van der Waals surface area contributed by atoms with Gasteiger partial charge in [0.1, 0.15) is 11.9 Å². The average molecular weight is 263 g/mol. The van der Waals surface area contributed by atoms with Gasteiger partial charge in [-0.05, 0) is 18.6 Å². The Kier molecular flexibility index (Phi) is 3.73. The summed E-state index contributed by atoms with van der Waals surface area (Å²) >= 11 is 0. The number of hydrogen-bond donors (Lipinski definition) is 1. The minimum atomic E-state index is -0.0625. The van der Waals surface area contributed by atoms with Gasteiger partial charge in [-0.25, -0.2) is 0 Å². The fourth-order valence-electron chi connectivity index (χ4n) is 3.03. The first kappa shape index (κ1) is 12.9. The standard InChI is InChI=1S/C15H21NO3/c1-11-7-16(9-14(10-17)18-11)8-13-6-12-4-2-3-5-15(12)19-13/h2-5,11,13-14,17H,6-10H2,1H3. The molecule has 104 valence electrons. The van der Waals surface area contributed by atoms with E-state index in [2.05, 4.69) is 24.0 Å². The summed E-state index contributed by atoms with van der Waals surface area (Å²) in [6.07, 6.45) is 1.32. The van der Waals surface area contributed by atoms with Crippen molar-refractivity contribution in [2.75, 3.05) is 26.2 Å². The van der Waals surface area contributed by atoms with Crippen molar-refractivity contribution < 1.29 is 14.6 Å². The molecule has 0 radical (unpaired) electrons. The van der Waals surface area contributed by atoms with Crippen LogP contribution in [0.1, 0.15) is 12.5 Å². The Morgan fingerprint density at radius 2 is 2.11 bits per heavy atom. The summed E-state index contributed by atoms with van der Waals surface area (Å²) in [6.45, 7) is 4.74. The molecule has 0 saturated carbocycles. The fourth-order valence-corrected chi connectivity index (χ4v) is 3.03. The molecule has 2 aliphatic rings. The molecule has 19 heavy (non-hydrogen) atoms. The molecule has 3 atom stereocenters. The lowest BCUT2D eigenvalue weighted by Crippen LogP contribution is -2.50. The van der Waals surface area contributed by atoms with Crippen LogP contribution in [0, 0.1) is 0 Å². The second-order valence-electron chi connectivity index (χ2n) is 5.52. The highest BCUT2D eigenvalue weighted by Gasteiger charge is 2.29. The van der Waals surface area contributed by atoms with Crippen molar-refractivity contribution in [3.8, 4) is 5.75 Å². The van der Waals surface area contributed by atoms with Gasteiger partial charge in [0.05, 0.1) is 18.8 Å². The van der Waals surface area contributed by atoms with Crippen molar-refractivity contribution in [3.63, 3.8) is 0 Å². The first-order valence-electron chi connectivity index (χ1n) is 6.98. The normalized spacial score (nSPS) is 30.9. The van der Waals surface area contributed by atoms with E-state index in [1.807, 2.05) is 12.1 Å². The first-order valence-corrected chi connectivity index (χ1v) is 6.98. The van der Waals surface area contributed by atoms with Gasteiger partial charge in [-0.2, -0.15) is 0 Å². The van der Waals surface area contributed by atoms with E-state index in [0.29, 0.717) is 0 Å². The Balaban J connectivity index is 1.58. The van der Waals surface area contributed by atoms with E-state index in [4.69, 9.17) is 9.47 Å². The molecule has 0 aromatic heterocycles. The Morgan fingerprint density at radius 1 is 1.26 bits per heavy atom. The van der Waals surface area contributed by atoms with Crippen molar-refractivity contribution in [2.24, 2.45) is 0 Å². The largest absolute Gasteiger partial charge is 0.488 e. The zero-order valence-corrected chi connectivity index (χ0v) is 11.3. The fraction of sp³-hybridized carbons (Fsp3) is 0.600. The third-order valence-electron chi connectivity index (χ3n) is 3.78. The highest BCUT2D eigenvalue weighted by atomic mass is 16.5. The zero-order chi connectivity index (χ0) is 13.2. The van der Waals surface area contributed by atoms with Gasteiger partial charge in [-0.1, -0.05) is 18.2 Å². The van der Waals surface area contributed by atoms with Gasteiger partial charge in [-0.3, -0.25) is 4.90 Å². The topological polar surface area (TPSA) is 41.9 Å². The number of hydrogen-bond acceptors (Lipinski definition) is 4. The molecule has 1 fully saturated rings. The summed E-state index contributed by atoms with van der Waals surface area (Å²) in [7, 11) is 0. The molecule has 3 rings (SSSR count). The molecular weight excluding hydrogens is 242 g/mol. The Bertz CT molecular complexity index is 412. The Labute approximate surface area is 113 Å². The molecule has 4 heteroatoms. The van der Waals surface area contributed by atoms with E-state index in [1.54, 1.807) is 0 Å². The average Bonchev–Trinajstić information content (AvgIpc) is 2.80. The summed E-state index contributed by atoms with van der Waals surface area (Å²) in [5.74, 6) is 1.02. The van der Waals surface area contributed by atoms with Crippen LogP contribution in [-0.4, -0.2) is 54.6 Å². The number of ether oxygens (including phenoxy) is 2. The third-order valence-corrected chi connectivity index (χ3v) is 3.78. The molecule has 3 unspecified atom stereocenters. The minimum absolute atomic E-state index is 0.0625. The van der Waals surface area contributed by atoms with Crippen LogP contribution >= 0.6 is 0 Å². The maximum atomic E-state index is 9.25. The SMILES string of the molecule is CC1CN(CC2Cc3ccccc3O2)CC(CO)O1. The molecule has 2 heterocycles. The highest BCUT2D eigenvalue weighted by Crippen LogP contribution is 2.28. The van der Waals surface area contributed by atoms with Gasteiger partial charge in [0, 0.05) is 26.1 Å². The summed E-state index contributed by atoms with van der Waals surface area (Å²) in [5, 5.41) is 9.25. The van der Waals surface area contributed by atoms with Crippen LogP contribution < -0.4 is 4.74 Å². The van der Waals surface area contributed by atoms with Gasteiger partial charge in [0.2, 0.25) is 0 Å². The van der Waals surface area contributed by atoms with E-state index < -0.39 is 0 Å². The predicted octanol–water partition coefficient (Wildman–Crippen LogP) is 1.07. The molecular formula is C15H21NO3. The predicted molar refractivity (Wildman–Crippen MR) is 72.4 cm³/mol. The van der Waals surface area contributed by atoms with Gasteiger partial charge < -0.3 is 14.6 Å². The molecule has 1 N–H and O–H groups in total. The van der Waals surface area contributed by atoms with E-state index >= 15 is 0 Å². The second kappa shape index (κ2) is 5.49. The number of rotatable bonds is 3. The molecule has 1 saturated heterocycles. The lowest BCUT2D eigenvalue weighted by Gasteiger charge is -2.37. The molecule has 0 bridgehead atoms. The zero-order valence-electron chi connectivity index (χ0n) is 11.3. The summed E-state index contributed by atoms with van der Waals surface area (Å²) < 4.78 is 11.6. The van der Waals surface area contributed by atoms with Crippen LogP contribution in [0.5, 0.6) is 5.75 Å². The van der Waals surface area contributed by atoms with Gasteiger partial charge >= 0.3 is 0 Å². The van der Waals surface area contributed by atoms with Crippen molar-refractivity contribution >= 4 is 0 Å². The van der Waals surface area contributed by atoms with Gasteiger partial charge in [0.15, 0.2) is 0 Å². The maximum Gasteiger partial charge on any atom is 0.123 e. The van der Waals surface area contributed by atoms with Crippen molar-refractivity contribution in [2.45, 2.75) is 31.7 Å². The minimum Gasteiger partial charge on any atom is -0.488 e. The van der Waals surface area contributed by atoms with E-state index in [-0.39, 0.29) is 24.9 Å². The van der Waals surface area contributed by atoms with Crippen LogP contribution in [-0.2, 0) is 11.2 Å². The lowest BCUT2D eigenvalue weighted by atomic mass is 10.1. The maximum absolute atomic E-state index is 9.25. The summed E-state index contributed by atoms with van der Waals surface area (Å²) in [5.41, 5.74) is 1.30. The molecule has 4 nitrogen and oxygen atoms in total. The number of para-hydroxylation sites is 1. The quantitative estimate of drug-likeness (QED) is 0.886. The number of aliphatic hydroxyl groups is 1. The molecule has 1 aromatic carbocycles. The number of benzene rings is 1. The van der Waals surface area contributed by atoms with E-state index in [9.17, 15) is 5.11 Å². The molecule has 0 aliphatic carbocycles. The number of fused-ring (bicyclic) bond motifs is 1. The smallest absolute Gasteiger partial charge is 0.123 e. The van der Waals surface area contributed by atoms with E-state index in [1.165, 1.54) is 5.56 Å². The molecule has 0 amide bonds. The molecule has 2 aliphatic heterocycles. The van der Waals surface area contributed by atoms with Crippen molar-refractivity contribution in [3.05, 3.63) is 29.8 Å². The Hall–Kier alpha value is -1.10. The van der Waals surface area contributed by atoms with Gasteiger partial charge in [-0.15, -0.1) is 0 Å². The Morgan fingerprint density at radius 3 is 2.89 bits per heavy atom. The molecule has 0 spiro atoms. The lowest BCUT2D eigenvalue weighted by molar-refractivity contribution is -0.0995. The summed E-state index contributed by atoms with van der Waals surface area (Å²) in [4.78, 5) is 2.34. The van der Waals surface area contributed by atoms with Crippen LogP contribution in [0.25, 0.3) is 0 Å². The number of nitrogens with zero attached hydrogens (tertiary/aromatic N) is 1. The van der Waals surface area contributed by atoms with Crippen molar-refractivity contribution in [1.82, 2.24) is 4.90 Å². The highest BCUT2D eigenvalue weighted by molar-refractivity contribution is 5.37. The number of morpholine rings is 1. The van der Waals surface area contributed by atoms with Crippen LogP contribution in [0.15, 0.2) is 24.3 Å². The monoisotopic (exact) mass is 263 g/mol. The molecule has 1 aromatic rings.